The van der Waals surface area contributed by atoms with Crippen LogP contribution in [0.25, 0.3) is 0 Å². The Morgan fingerprint density at radius 3 is 2.56 bits per heavy atom. The van der Waals surface area contributed by atoms with Gasteiger partial charge in [0.05, 0.1) is 5.75 Å². The van der Waals surface area contributed by atoms with Crippen LogP contribution in [-0.2, 0) is 21.2 Å². The summed E-state index contributed by atoms with van der Waals surface area (Å²) in [5.41, 5.74) is 0.879. The van der Waals surface area contributed by atoms with Gasteiger partial charge in [0.1, 0.15) is 6.54 Å². The molecule has 0 unspecified atom stereocenters. The highest BCUT2D eigenvalue weighted by Gasteiger charge is 2.20. The van der Waals surface area contributed by atoms with Crippen LogP contribution in [0.15, 0.2) is 28.7 Å². The number of carbonyl (C=O) groups is 1. The monoisotopic (exact) mass is 335 g/mol. The van der Waals surface area contributed by atoms with Crippen LogP contribution < -0.4 is 0 Å². The van der Waals surface area contributed by atoms with Gasteiger partial charge in [0, 0.05) is 11.5 Å². The van der Waals surface area contributed by atoms with Crippen molar-refractivity contribution >= 4 is 31.9 Å². The molecule has 1 aromatic rings. The third-order valence-corrected chi connectivity index (χ3v) is 4.99. The van der Waals surface area contributed by atoms with Gasteiger partial charge in [-0.15, -0.1) is 0 Å². The van der Waals surface area contributed by atoms with Crippen LogP contribution in [0.1, 0.15) is 5.56 Å². The summed E-state index contributed by atoms with van der Waals surface area (Å²) in [5, 5.41) is 8.56. The van der Waals surface area contributed by atoms with Gasteiger partial charge in [-0.05, 0) is 18.1 Å². The van der Waals surface area contributed by atoms with Gasteiger partial charge in [-0.3, -0.25) is 4.79 Å². The second-order valence-electron chi connectivity index (χ2n) is 3.81. The summed E-state index contributed by atoms with van der Waals surface area (Å²) < 4.78 is 25.3. The molecule has 18 heavy (non-hydrogen) atoms. The number of benzene rings is 1. The molecule has 0 bridgehead atoms. The third kappa shape index (κ3) is 4.40. The topological polar surface area (TPSA) is 74.7 Å². The zero-order valence-corrected chi connectivity index (χ0v) is 12.2. The highest BCUT2D eigenvalue weighted by Crippen LogP contribution is 2.17. The molecule has 0 saturated heterocycles. The molecule has 0 spiro atoms. The van der Waals surface area contributed by atoms with Crippen molar-refractivity contribution in [2.45, 2.75) is 6.42 Å². The molecule has 5 nitrogen and oxygen atoms in total. The Kier molecular flexibility index (Phi) is 5.30. The van der Waals surface area contributed by atoms with Crippen LogP contribution in [0.2, 0.25) is 0 Å². The number of sulfonamides is 1. The van der Waals surface area contributed by atoms with Crippen molar-refractivity contribution in [3.8, 4) is 0 Å². The van der Waals surface area contributed by atoms with Crippen molar-refractivity contribution in [3.05, 3.63) is 34.3 Å². The zero-order valence-electron chi connectivity index (χ0n) is 9.84. The van der Waals surface area contributed by atoms with Crippen molar-refractivity contribution < 1.29 is 18.3 Å². The molecule has 1 aromatic carbocycles. The first-order valence-corrected chi connectivity index (χ1v) is 7.62. The number of hydrogen-bond acceptors (Lipinski definition) is 3. The van der Waals surface area contributed by atoms with Crippen molar-refractivity contribution in [2.24, 2.45) is 0 Å². The minimum atomic E-state index is -3.54. The van der Waals surface area contributed by atoms with E-state index in [0.29, 0.717) is 6.42 Å². The summed E-state index contributed by atoms with van der Waals surface area (Å²) >= 11 is 3.34. The standard InChI is InChI=1S/C11H14BrNO4S/c1-13(8-11(14)15)18(16,17)7-6-9-4-2-3-5-10(9)12/h2-5H,6-8H2,1H3,(H,14,15). The molecule has 0 amide bonds. The molecule has 0 aliphatic rings. The second kappa shape index (κ2) is 6.31. The van der Waals surface area contributed by atoms with E-state index in [1.165, 1.54) is 7.05 Å². The molecule has 0 aliphatic carbocycles. The molecule has 0 saturated carbocycles. The number of hydrogen-bond donors (Lipinski definition) is 1. The largest absolute Gasteiger partial charge is 0.480 e. The quantitative estimate of drug-likeness (QED) is 0.851. The van der Waals surface area contributed by atoms with E-state index in [9.17, 15) is 13.2 Å². The van der Waals surface area contributed by atoms with Gasteiger partial charge >= 0.3 is 5.97 Å². The molecule has 0 aromatic heterocycles. The zero-order chi connectivity index (χ0) is 13.8. The Morgan fingerprint density at radius 2 is 2.00 bits per heavy atom. The van der Waals surface area contributed by atoms with Gasteiger partial charge in [-0.1, -0.05) is 34.1 Å². The van der Waals surface area contributed by atoms with E-state index in [-0.39, 0.29) is 5.75 Å². The predicted molar refractivity (Wildman–Crippen MR) is 71.9 cm³/mol. The number of carboxylic acid groups (broad SMARTS) is 1. The lowest BCUT2D eigenvalue weighted by molar-refractivity contribution is -0.137. The van der Waals surface area contributed by atoms with E-state index >= 15 is 0 Å². The number of aryl methyl sites for hydroxylation is 1. The van der Waals surface area contributed by atoms with Crippen LogP contribution in [0.5, 0.6) is 0 Å². The number of carboxylic acids is 1. The third-order valence-electron chi connectivity index (χ3n) is 2.42. The molecule has 0 aliphatic heterocycles. The fourth-order valence-corrected chi connectivity index (χ4v) is 2.96. The number of aliphatic carboxylic acids is 1. The van der Waals surface area contributed by atoms with Gasteiger partial charge < -0.3 is 5.11 Å². The predicted octanol–water partition coefficient (Wildman–Crippen LogP) is 1.34. The Morgan fingerprint density at radius 1 is 1.39 bits per heavy atom. The molecule has 100 valence electrons. The molecule has 7 heteroatoms. The summed E-state index contributed by atoms with van der Waals surface area (Å²) in [5.74, 6) is -1.28. The van der Waals surface area contributed by atoms with Crippen molar-refractivity contribution in [3.63, 3.8) is 0 Å². The number of halogens is 1. The van der Waals surface area contributed by atoms with Crippen LogP contribution in [0.3, 0.4) is 0 Å². The summed E-state index contributed by atoms with van der Waals surface area (Å²) in [4.78, 5) is 10.5. The van der Waals surface area contributed by atoms with Crippen molar-refractivity contribution in [1.82, 2.24) is 4.31 Å². The van der Waals surface area contributed by atoms with Crippen LogP contribution in [0, 0.1) is 0 Å². The highest BCUT2D eigenvalue weighted by molar-refractivity contribution is 9.10. The molecular formula is C11H14BrNO4S. The molecule has 0 atom stereocenters. The fourth-order valence-electron chi connectivity index (χ4n) is 1.38. The number of likely N-dealkylation sites (N-methyl/N-ethyl adjacent to an activating group) is 1. The normalized spacial score (nSPS) is 11.7. The number of rotatable bonds is 6. The minimum Gasteiger partial charge on any atom is -0.480 e. The lowest BCUT2D eigenvalue weighted by atomic mass is 10.2. The first-order valence-electron chi connectivity index (χ1n) is 5.22. The van der Waals surface area contributed by atoms with Gasteiger partial charge in [0.15, 0.2) is 0 Å². The van der Waals surface area contributed by atoms with Crippen molar-refractivity contribution in [2.75, 3.05) is 19.3 Å². The summed E-state index contributed by atoms with van der Waals surface area (Å²) in [6, 6.07) is 7.34. The minimum absolute atomic E-state index is 0.112. The SMILES string of the molecule is CN(CC(=O)O)S(=O)(=O)CCc1ccccc1Br. The molecule has 1 rings (SSSR count). The molecular weight excluding hydrogens is 322 g/mol. The molecule has 0 heterocycles. The van der Waals surface area contributed by atoms with Gasteiger partial charge in [0.25, 0.3) is 0 Å². The maximum Gasteiger partial charge on any atom is 0.318 e. The Balaban J connectivity index is 2.68. The highest BCUT2D eigenvalue weighted by atomic mass is 79.9. The van der Waals surface area contributed by atoms with E-state index in [2.05, 4.69) is 15.9 Å². The lowest BCUT2D eigenvalue weighted by Crippen LogP contribution is -2.34. The number of nitrogens with zero attached hydrogens (tertiary/aromatic N) is 1. The van der Waals surface area contributed by atoms with Gasteiger partial charge in [-0.2, -0.15) is 4.31 Å². The maximum atomic E-state index is 11.8. The van der Waals surface area contributed by atoms with E-state index in [0.717, 1.165) is 14.3 Å². The Hall–Kier alpha value is -0.920. The van der Waals surface area contributed by atoms with E-state index < -0.39 is 22.5 Å². The summed E-state index contributed by atoms with van der Waals surface area (Å²) in [6.07, 6.45) is 0.341. The van der Waals surface area contributed by atoms with Gasteiger partial charge in [-0.25, -0.2) is 8.42 Å². The fraction of sp³-hybridized carbons (Fsp3) is 0.364. The second-order valence-corrected chi connectivity index (χ2v) is 6.86. The molecule has 0 radical (unpaired) electrons. The lowest BCUT2D eigenvalue weighted by Gasteiger charge is -2.14. The maximum absolute atomic E-state index is 11.8. The average Bonchev–Trinajstić information content (AvgIpc) is 2.27. The van der Waals surface area contributed by atoms with Gasteiger partial charge in [0.2, 0.25) is 10.0 Å². The Labute approximate surface area is 115 Å². The van der Waals surface area contributed by atoms with E-state index in [1.54, 1.807) is 0 Å². The van der Waals surface area contributed by atoms with Crippen molar-refractivity contribution in [1.29, 1.82) is 0 Å². The van der Waals surface area contributed by atoms with Crippen LogP contribution >= 0.6 is 15.9 Å². The Bertz CT molecular complexity index is 530. The molecule has 1 N–H and O–H groups in total. The molecule has 0 fully saturated rings. The van der Waals surface area contributed by atoms with E-state index in [4.69, 9.17) is 5.11 Å². The average molecular weight is 336 g/mol. The smallest absolute Gasteiger partial charge is 0.318 e. The first-order chi connectivity index (χ1) is 8.33. The van der Waals surface area contributed by atoms with Crippen LogP contribution in [-0.4, -0.2) is 43.1 Å². The van der Waals surface area contributed by atoms with Crippen LogP contribution in [0.4, 0.5) is 0 Å². The summed E-state index contributed by atoms with van der Waals surface area (Å²) in [7, 11) is -2.27. The van der Waals surface area contributed by atoms with E-state index in [1.807, 2.05) is 24.3 Å². The first kappa shape index (κ1) is 15.1. The summed E-state index contributed by atoms with van der Waals surface area (Å²) in [6.45, 7) is -0.516.